The molecule has 7 nitrogen and oxygen atoms in total. The van der Waals surface area contributed by atoms with E-state index in [1.807, 2.05) is 42.5 Å². The molecule has 1 N–H and O–H groups in total. The van der Waals surface area contributed by atoms with E-state index in [4.69, 9.17) is 14.2 Å². The van der Waals surface area contributed by atoms with Gasteiger partial charge in [-0.3, -0.25) is 4.79 Å². The van der Waals surface area contributed by atoms with Crippen molar-refractivity contribution in [1.82, 2.24) is 10.2 Å². The van der Waals surface area contributed by atoms with Gasteiger partial charge in [0.2, 0.25) is 0 Å². The highest BCUT2D eigenvalue weighted by Gasteiger charge is 2.39. The average molecular weight is 621 g/mol. The molecule has 0 radical (unpaired) electrons. The largest absolute Gasteiger partial charge is 0.456 e. The molecule has 0 unspecified atom stereocenters. The van der Waals surface area contributed by atoms with E-state index < -0.39 is 35.4 Å². The number of halogens is 3. The number of nitrogens with zero attached hydrogens (tertiary/aromatic N) is 1. The number of likely N-dealkylation sites (tertiary alicyclic amines) is 1. The summed E-state index contributed by atoms with van der Waals surface area (Å²) in [6, 6.07) is 24.2. The Bertz CT molecular complexity index is 1630. The van der Waals surface area contributed by atoms with Crippen molar-refractivity contribution in [3.8, 4) is 11.5 Å². The van der Waals surface area contributed by atoms with E-state index in [1.165, 1.54) is 12.1 Å². The van der Waals surface area contributed by atoms with E-state index in [9.17, 15) is 22.8 Å². The third-order valence-corrected chi connectivity index (χ3v) is 7.38. The SMILES string of the molecule is CC(C)(C)OC(=O)N1CC([C@@H](COCc2ccccc2)NC(=O)c2ccc3ccccc3c2Oc2ccc(C(F)(F)F)cc2)C1. The monoisotopic (exact) mass is 620 g/mol. The average Bonchev–Trinajstić information content (AvgIpc) is 2.96. The summed E-state index contributed by atoms with van der Waals surface area (Å²) in [6.07, 6.45) is -4.91. The van der Waals surface area contributed by atoms with Crippen LogP contribution in [0, 0.1) is 5.92 Å². The van der Waals surface area contributed by atoms with Crippen LogP contribution in [0.15, 0.2) is 91.0 Å². The molecule has 0 saturated carbocycles. The number of ether oxygens (including phenoxy) is 3. The Balaban J connectivity index is 1.37. The quantitative estimate of drug-likeness (QED) is 0.206. The minimum Gasteiger partial charge on any atom is -0.456 e. The molecule has 2 amide bonds. The lowest BCUT2D eigenvalue weighted by Gasteiger charge is -2.43. The molecule has 4 aromatic carbocycles. The number of fused-ring (bicyclic) bond motifs is 1. The van der Waals surface area contributed by atoms with E-state index in [2.05, 4.69) is 5.32 Å². The minimum atomic E-state index is -4.48. The third kappa shape index (κ3) is 8.13. The number of hydrogen-bond acceptors (Lipinski definition) is 5. The molecule has 10 heteroatoms. The molecule has 1 atom stereocenters. The van der Waals surface area contributed by atoms with Crippen LogP contribution in [0.1, 0.15) is 42.3 Å². The number of hydrogen-bond donors (Lipinski definition) is 1. The first-order valence-electron chi connectivity index (χ1n) is 14.6. The molecule has 1 fully saturated rings. The Hall–Kier alpha value is -4.57. The summed E-state index contributed by atoms with van der Waals surface area (Å²) in [5.74, 6) is -0.162. The first-order chi connectivity index (χ1) is 21.4. The van der Waals surface area contributed by atoms with Crippen molar-refractivity contribution in [2.45, 2.75) is 45.2 Å². The lowest BCUT2D eigenvalue weighted by atomic mass is 9.91. The van der Waals surface area contributed by atoms with Crippen LogP contribution in [0.5, 0.6) is 11.5 Å². The maximum atomic E-state index is 13.9. The summed E-state index contributed by atoms with van der Waals surface area (Å²) in [5.41, 5.74) is -0.239. The molecule has 1 aliphatic rings. The van der Waals surface area contributed by atoms with Crippen LogP contribution in [-0.4, -0.2) is 48.2 Å². The molecule has 1 heterocycles. The van der Waals surface area contributed by atoms with Crippen LogP contribution < -0.4 is 10.1 Å². The second-order valence-corrected chi connectivity index (χ2v) is 12.0. The van der Waals surface area contributed by atoms with Gasteiger partial charge in [-0.25, -0.2) is 4.79 Å². The van der Waals surface area contributed by atoms with Gasteiger partial charge in [0.1, 0.15) is 17.1 Å². The minimum absolute atomic E-state index is 0.100. The van der Waals surface area contributed by atoms with Crippen molar-refractivity contribution in [2.75, 3.05) is 19.7 Å². The number of nitrogens with one attached hydrogen (secondary N) is 1. The number of amides is 2. The molecule has 4 aromatic rings. The van der Waals surface area contributed by atoms with Gasteiger partial charge >= 0.3 is 12.3 Å². The zero-order chi connectivity index (χ0) is 32.2. The molecule has 0 aromatic heterocycles. The molecule has 0 bridgehead atoms. The van der Waals surface area contributed by atoms with Gasteiger partial charge in [-0.2, -0.15) is 13.2 Å². The molecule has 0 aliphatic carbocycles. The van der Waals surface area contributed by atoms with Crippen LogP contribution in [-0.2, 0) is 22.3 Å². The zero-order valence-electron chi connectivity index (χ0n) is 25.3. The van der Waals surface area contributed by atoms with Gasteiger partial charge in [0.05, 0.1) is 30.4 Å². The summed E-state index contributed by atoms with van der Waals surface area (Å²) in [7, 11) is 0. The Labute approximate surface area is 259 Å². The van der Waals surface area contributed by atoms with Crippen LogP contribution in [0.2, 0.25) is 0 Å². The Morgan fingerprint density at radius 3 is 2.22 bits per heavy atom. The molecule has 236 valence electrons. The Kier molecular flexibility index (Phi) is 9.34. The second kappa shape index (κ2) is 13.2. The fourth-order valence-electron chi connectivity index (χ4n) is 5.02. The number of alkyl halides is 3. The molecular weight excluding hydrogens is 585 g/mol. The molecule has 1 saturated heterocycles. The van der Waals surface area contributed by atoms with Crippen molar-refractivity contribution < 1.29 is 37.0 Å². The number of rotatable bonds is 9. The fraction of sp³-hybridized carbons (Fsp3) is 0.314. The summed E-state index contributed by atoms with van der Waals surface area (Å²) in [4.78, 5) is 28.0. The summed E-state index contributed by atoms with van der Waals surface area (Å²) < 4.78 is 57.0. The first-order valence-corrected chi connectivity index (χ1v) is 14.6. The Morgan fingerprint density at radius 1 is 0.889 bits per heavy atom. The number of carbonyl (C=O) groups is 2. The van der Waals surface area contributed by atoms with E-state index in [0.29, 0.717) is 25.1 Å². The second-order valence-electron chi connectivity index (χ2n) is 12.0. The highest BCUT2D eigenvalue weighted by molar-refractivity contribution is 6.04. The van der Waals surface area contributed by atoms with Crippen molar-refractivity contribution in [3.05, 3.63) is 108 Å². The Morgan fingerprint density at radius 2 is 1.56 bits per heavy atom. The summed E-state index contributed by atoms with van der Waals surface area (Å²) >= 11 is 0. The smallest absolute Gasteiger partial charge is 0.416 e. The van der Waals surface area contributed by atoms with Gasteiger partial charge in [-0.15, -0.1) is 0 Å². The van der Waals surface area contributed by atoms with E-state index in [1.54, 1.807) is 49.9 Å². The normalized spacial score (nSPS) is 14.5. The maximum absolute atomic E-state index is 13.9. The van der Waals surface area contributed by atoms with Crippen LogP contribution in [0.3, 0.4) is 0 Å². The van der Waals surface area contributed by atoms with Crippen molar-refractivity contribution >= 4 is 22.8 Å². The number of benzene rings is 4. The third-order valence-electron chi connectivity index (χ3n) is 7.38. The molecule has 1 aliphatic heterocycles. The standard InChI is InChI=1S/C35H35F3N2O5/c1-34(2,3)45-33(42)40-19-25(20-40)30(22-43-21-23-9-5-4-6-10-23)39-32(41)29-18-13-24-11-7-8-12-28(24)31(29)44-27-16-14-26(15-17-27)35(36,37)38/h4-18,25,30H,19-22H2,1-3H3,(H,39,41)/t30-/m1/s1. The summed E-state index contributed by atoms with van der Waals surface area (Å²) in [6.45, 7) is 6.69. The van der Waals surface area contributed by atoms with Gasteiger partial charge in [-0.1, -0.05) is 60.7 Å². The van der Waals surface area contributed by atoms with Crippen molar-refractivity contribution in [1.29, 1.82) is 0 Å². The lowest BCUT2D eigenvalue weighted by molar-refractivity contribution is -0.137. The van der Waals surface area contributed by atoms with Crippen LogP contribution in [0.4, 0.5) is 18.0 Å². The molecule has 5 rings (SSSR count). The molecule has 0 spiro atoms. The van der Waals surface area contributed by atoms with Gasteiger partial charge in [0.15, 0.2) is 0 Å². The van der Waals surface area contributed by atoms with Gasteiger partial charge < -0.3 is 24.4 Å². The molecular formula is C35H35F3N2O5. The van der Waals surface area contributed by atoms with Crippen LogP contribution >= 0.6 is 0 Å². The van der Waals surface area contributed by atoms with E-state index in [-0.39, 0.29) is 29.6 Å². The van der Waals surface area contributed by atoms with Crippen molar-refractivity contribution in [2.24, 2.45) is 5.92 Å². The maximum Gasteiger partial charge on any atom is 0.416 e. The highest BCUT2D eigenvalue weighted by atomic mass is 19.4. The summed E-state index contributed by atoms with van der Waals surface area (Å²) in [5, 5.41) is 4.50. The predicted molar refractivity (Wildman–Crippen MR) is 164 cm³/mol. The van der Waals surface area contributed by atoms with E-state index >= 15 is 0 Å². The number of carbonyl (C=O) groups excluding carboxylic acids is 2. The van der Waals surface area contributed by atoms with Gasteiger partial charge in [0.25, 0.3) is 5.91 Å². The zero-order valence-corrected chi connectivity index (χ0v) is 25.3. The van der Waals surface area contributed by atoms with Crippen molar-refractivity contribution in [3.63, 3.8) is 0 Å². The molecule has 45 heavy (non-hydrogen) atoms. The highest BCUT2D eigenvalue weighted by Crippen LogP contribution is 2.36. The van der Waals surface area contributed by atoms with Gasteiger partial charge in [-0.05, 0) is 62.1 Å². The van der Waals surface area contributed by atoms with Crippen LogP contribution in [0.25, 0.3) is 10.8 Å². The topological polar surface area (TPSA) is 77.1 Å². The lowest BCUT2D eigenvalue weighted by Crippen LogP contribution is -2.60. The fourth-order valence-corrected chi connectivity index (χ4v) is 5.02. The van der Waals surface area contributed by atoms with E-state index in [0.717, 1.165) is 23.1 Å². The van der Waals surface area contributed by atoms with Gasteiger partial charge in [0, 0.05) is 24.4 Å². The predicted octanol–water partition coefficient (Wildman–Crippen LogP) is 7.83. The first kappa shape index (κ1) is 31.8.